The summed E-state index contributed by atoms with van der Waals surface area (Å²) in [6, 6.07) is 2.16. The van der Waals surface area contributed by atoms with Gasteiger partial charge in [0.1, 0.15) is 0 Å². The summed E-state index contributed by atoms with van der Waals surface area (Å²) >= 11 is 0. The van der Waals surface area contributed by atoms with E-state index in [1.807, 2.05) is 4.57 Å². The Bertz CT molecular complexity index is 489. The molecule has 0 amide bonds. The zero-order valence-corrected chi connectivity index (χ0v) is 11.6. The van der Waals surface area contributed by atoms with Crippen molar-refractivity contribution < 1.29 is 0 Å². The number of hydrogen-bond donors (Lipinski definition) is 0. The highest BCUT2D eigenvalue weighted by atomic mass is 16.1. The molecule has 0 N–H and O–H groups in total. The molecule has 2 rings (SSSR count). The van der Waals surface area contributed by atoms with Gasteiger partial charge in [-0.25, -0.2) is 0 Å². The molecule has 0 radical (unpaired) electrons. The predicted octanol–water partition coefficient (Wildman–Crippen LogP) is 3.22. The van der Waals surface area contributed by atoms with Crippen LogP contribution in [0.1, 0.15) is 63.8 Å². The molecule has 1 aliphatic rings. The molecule has 0 aromatic carbocycles. The van der Waals surface area contributed by atoms with Gasteiger partial charge in [-0.2, -0.15) is 0 Å². The van der Waals surface area contributed by atoms with Gasteiger partial charge in [-0.1, -0.05) is 34.6 Å². The molecule has 0 saturated heterocycles. The van der Waals surface area contributed by atoms with Gasteiger partial charge >= 0.3 is 0 Å². The number of nitrogens with zero attached hydrogens (tertiary/aromatic N) is 1. The average molecular weight is 233 g/mol. The van der Waals surface area contributed by atoms with E-state index in [1.165, 1.54) is 11.3 Å². The molecule has 2 heteroatoms. The third-order valence-corrected chi connectivity index (χ3v) is 3.65. The summed E-state index contributed by atoms with van der Waals surface area (Å²) < 4.78 is 2.01. The third-order valence-electron chi connectivity index (χ3n) is 3.65. The smallest absolute Gasteiger partial charge is 0.254 e. The van der Waals surface area contributed by atoms with Crippen molar-refractivity contribution in [2.75, 3.05) is 0 Å². The van der Waals surface area contributed by atoms with E-state index in [2.05, 4.69) is 40.7 Å². The maximum absolute atomic E-state index is 12.3. The van der Waals surface area contributed by atoms with Crippen molar-refractivity contribution in [3.05, 3.63) is 33.2 Å². The summed E-state index contributed by atoms with van der Waals surface area (Å²) in [5, 5.41) is 0. The van der Waals surface area contributed by atoms with E-state index in [0.717, 1.165) is 24.9 Å². The summed E-state index contributed by atoms with van der Waals surface area (Å²) in [5.41, 5.74) is 3.96. The maximum atomic E-state index is 12.3. The monoisotopic (exact) mass is 233 g/mol. The Labute approximate surface area is 104 Å². The second kappa shape index (κ2) is 4.01. The fourth-order valence-corrected chi connectivity index (χ4v) is 2.70. The topological polar surface area (TPSA) is 22.0 Å². The number of pyridine rings is 1. The summed E-state index contributed by atoms with van der Waals surface area (Å²) in [7, 11) is 0. The van der Waals surface area contributed by atoms with Crippen molar-refractivity contribution in [3.8, 4) is 0 Å². The molecule has 1 aromatic heterocycles. The molecule has 0 saturated carbocycles. The lowest BCUT2D eigenvalue weighted by molar-refractivity contribution is 0.568. The maximum Gasteiger partial charge on any atom is 0.254 e. The molecule has 0 aliphatic carbocycles. The van der Waals surface area contributed by atoms with Gasteiger partial charge in [-0.3, -0.25) is 4.79 Å². The van der Waals surface area contributed by atoms with Crippen LogP contribution in [0.2, 0.25) is 0 Å². The lowest BCUT2D eigenvalue weighted by Crippen LogP contribution is -2.28. The molecule has 0 unspecified atom stereocenters. The minimum atomic E-state index is 0.124. The van der Waals surface area contributed by atoms with E-state index < -0.39 is 0 Å². The second-order valence-electron chi connectivity index (χ2n) is 6.43. The van der Waals surface area contributed by atoms with Gasteiger partial charge in [0.25, 0.3) is 5.56 Å². The second-order valence-corrected chi connectivity index (χ2v) is 6.43. The number of hydrogen-bond acceptors (Lipinski definition) is 1. The molecule has 2 heterocycles. The highest BCUT2D eigenvalue weighted by Gasteiger charge is 2.26. The van der Waals surface area contributed by atoms with Crippen LogP contribution in [0, 0.1) is 0 Å². The van der Waals surface area contributed by atoms with Crippen molar-refractivity contribution in [2.45, 2.75) is 65.3 Å². The van der Waals surface area contributed by atoms with Crippen LogP contribution >= 0.6 is 0 Å². The van der Waals surface area contributed by atoms with Crippen LogP contribution in [0.5, 0.6) is 0 Å². The van der Waals surface area contributed by atoms with E-state index >= 15 is 0 Å². The molecule has 0 spiro atoms. The zero-order chi connectivity index (χ0) is 12.8. The van der Waals surface area contributed by atoms with Crippen molar-refractivity contribution in [3.63, 3.8) is 0 Å². The SMILES string of the molecule is CC(C)c1cc(C(C)(C)C)c2n(c1=O)CCC2. The normalized spacial score (nSPS) is 15.4. The molecule has 1 aliphatic heterocycles. The molecular formula is C15H23NO. The number of rotatable bonds is 1. The molecule has 0 atom stereocenters. The Morgan fingerprint density at radius 1 is 1.29 bits per heavy atom. The minimum Gasteiger partial charge on any atom is -0.312 e. The lowest BCUT2D eigenvalue weighted by Gasteiger charge is -2.24. The molecule has 17 heavy (non-hydrogen) atoms. The highest BCUT2D eigenvalue weighted by molar-refractivity contribution is 5.35. The molecule has 0 bridgehead atoms. The summed E-state index contributed by atoms with van der Waals surface area (Å²) in [6.45, 7) is 11.8. The van der Waals surface area contributed by atoms with Crippen LogP contribution in [0.4, 0.5) is 0 Å². The number of fused-ring (bicyclic) bond motifs is 1. The summed E-state index contributed by atoms with van der Waals surface area (Å²) in [4.78, 5) is 12.3. The van der Waals surface area contributed by atoms with Crippen molar-refractivity contribution in [2.24, 2.45) is 0 Å². The molecular weight excluding hydrogens is 210 g/mol. The average Bonchev–Trinajstić information content (AvgIpc) is 2.64. The predicted molar refractivity (Wildman–Crippen MR) is 71.8 cm³/mol. The Balaban J connectivity index is 2.74. The fraction of sp³-hybridized carbons (Fsp3) is 0.667. The largest absolute Gasteiger partial charge is 0.312 e. The van der Waals surface area contributed by atoms with Crippen LogP contribution < -0.4 is 5.56 Å². The van der Waals surface area contributed by atoms with Gasteiger partial charge in [0.15, 0.2) is 0 Å². The van der Waals surface area contributed by atoms with Crippen LogP contribution in [0.3, 0.4) is 0 Å². The molecule has 2 nitrogen and oxygen atoms in total. The Morgan fingerprint density at radius 2 is 1.94 bits per heavy atom. The van der Waals surface area contributed by atoms with Gasteiger partial charge in [0.05, 0.1) is 0 Å². The van der Waals surface area contributed by atoms with Crippen LogP contribution in [0.25, 0.3) is 0 Å². The standard InChI is InChI=1S/C15H23NO/c1-10(2)11-9-12(15(3,4)5)13-7-6-8-16(13)14(11)17/h9-10H,6-8H2,1-5H3. The molecule has 0 fully saturated rings. The van der Waals surface area contributed by atoms with E-state index in [9.17, 15) is 4.79 Å². The Hall–Kier alpha value is -1.05. The van der Waals surface area contributed by atoms with Crippen LogP contribution in [-0.4, -0.2) is 4.57 Å². The van der Waals surface area contributed by atoms with Gasteiger partial charge in [-0.05, 0) is 35.8 Å². The number of aromatic nitrogens is 1. The van der Waals surface area contributed by atoms with Crippen molar-refractivity contribution in [1.82, 2.24) is 4.57 Å². The van der Waals surface area contributed by atoms with E-state index in [-0.39, 0.29) is 11.0 Å². The quantitative estimate of drug-likeness (QED) is 0.730. The van der Waals surface area contributed by atoms with Gasteiger partial charge in [-0.15, -0.1) is 0 Å². The Morgan fingerprint density at radius 3 is 2.47 bits per heavy atom. The van der Waals surface area contributed by atoms with Crippen molar-refractivity contribution in [1.29, 1.82) is 0 Å². The van der Waals surface area contributed by atoms with E-state index in [0.29, 0.717) is 5.92 Å². The van der Waals surface area contributed by atoms with Crippen LogP contribution in [0.15, 0.2) is 10.9 Å². The zero-order valence-electron chi connectivity index (χ0n) is 11.6. The first-order chi connectivity index (χ1) is 7.82. The van der Waals surface area contributed by atoms with Gasteiger partial charge in [0, 0.05) is 17.8 Å². The first kappa shape index (κ1) is 12.4. The summed E-state index contributed by atoms with van der Waals surface area (Å²) in [6.07, 6.45) is 2.17. The molecule has 94 valence electrons. The fourth-order valence-electron chi connectivity index (χ4n) is 2.70. The third kappa shape index (κ3) is 2.05. The summed E-state index contributed by atoms with van der Waals surface area (Å²) in [5.74, 6) is 0.307. The first-order valence-electron chi connectivity index (χ1n) is 6.59. The van der Waals surface area contributed by atoms with Gasteiger partial charge < -0.3 is 4.57 Å². The molecule has 1 aromatic rings. The van der Waals surface area contributed by atoms with Crippen molar-refractivity contribution >= 4 is 0 Å². The van der Waals surface area contributed by atoms with Gasteiger partial charge in [0.2, 0.25) is 0 Å². The van der Waals surface area contributed by atoms with E-state index in [1.54, 1.807) is 0 Å². The lowest BCUT2D eigenvalue weighted by atomic mass is 9.83. The highest BCUT2D eigenvalue weighted by Crippen LogP contribution is 2.30. The minimum absolute atomic E-state index is 0.124. The Kier molecular flexibility index (Phi) is 2.92. The first-order valence-corrected chi connectivity index (χ1v) is 6.59. The van der Waals surface area contributed by atoms with Crippen LogP contribution in [-0.2, 0) is 18.4 Å². The van der Waals surface area contributed by atoms with E-state index in [4.69, 9.17) is 0 Å².